The summed E-state index contributed by atoms with van der Waals surface area (Å²) >= 11 is 0. The number of amides is 3. The Morgan fingerprint density at radius 3 is 2.65 bits per heavy atom. The van der Waals surface area contributed by atoms with Crippen LogP contribution in [0.1, 0.15) is 10.4 Å². The van der Waals surface area contributed by atoms with Crippen LogP contribution in [0.25, 0.3) is 0 Å². The average molecular weight is 275 g/mol. The highest BCUT2D eigenvalue weighted by molar-refractivity contribution is 5.97. The van der Waals surface area contributed by atoms with E-state index in [0.29, 0.717) is 0 Å². The zero-order valence-electron chi connectivity index (χ0n) is 10.3. The summed E-state index contributed by atoms with van der Waals surface area (Å²) in [5.74, 6) is -1.04. The van der Waals surface area contributed by atoms with E-state index in [-0.39, 0.29) is 24.3 Å². The lowest BCUT2D eigenvalue weighted by Gasteiger charge is -2.09. The van der Waals surface area contributed by atoms with Crippen LogP contribution < -0.4 is 21.1 Å². The molecule has 0 saturated carbocycles. The predicted molar refractivity (Wildman–Crippen MR) is 66.4 cm³/mol. The Labute approximate surface area is 114 Å². The van der Waals surface area contributed by atoms with Gasteiger partial charge in [0, 0.05) is 11.3 Å². The Kier molecular flexibility index (Phi) is 5.52. The van der Waals surface area contributed by atoms with Gasteiger partial charge in [0.2, 0.25) is 5.91 Å². The molecule has 1 aromatic rings. The van der Waals surface area contributed by atoms with Crippen LogP contribution >= 0.6 is 0 Å². The van der Waals surface area contributed by atoms with E-state index in [4.69, 9.17) is 5.26 Å². The van der Waals surface area contributed by atoms with Crippen molar-refractivity contribution in [2.24, 2.45) is 0 Å². The fourth-order valence-corrected chi connectivity index (χ4v) is 1.32. The van der Waals surface area contributed by atoms with Crippen molar-refractivity contribution in [1.82, 2.24) is 10.6 Å². The van der Waals surface area contributed by atoms with Gasteiger partial charge in [0.1, 0.15) is 12.6 Å². The molecule has 0 spiro atoms. The lowest BCUT2D eigenvalue weighted by Crippen LogP contribution is -2.37. The number of hydrogen-bond acceptors (Lipinski definition) is 5. The van der Waals surface area contributed by atoms with E-state index in [1.807, 2.05) is 5.32 Å². The second-order valence-corrected chi connectivity index (χ2v) is 3.61. The van der Waals surface area contributed by atoms with Gasteiger partial charge in [0.05, 0.1) is 12.6 Å². The first-order valence-electron chi connectivity index (χ1n) is 5.53. The molecule has 0 aliphatic rings. The third-order valence-electron chi connectivity index (χ3n) is 2.15. The molecule has 0 heterocycles. The normalized spacial score (nSPS) is 9.15. The number of carbonyl (C=O) groups excluding carboxylic acids is 3. The minimum Gasteiger partial charge on any atom is -0.530 e. The second-order valence-electron chi connectivity index (χ2n) is 3.61. The smallest absolute Gasteiger partial charge is 0.251 e. The number of carboxylic acid groups (broad SMARTS) is 1. The van der Waals surface area contributed by atoms with Crippen molar-refractivity contribution < 1.29 is 19.5 Å². The van der Waals surface area contributed by atoms with Crippen LogP contribution in [-0.4, -0.2) is 31.0 Å². The zero-order chi connectivity index (χ0) is 15.0. The van der Waals surface area contributed by atoms with Gasteiger partial charge in [0.15, 0.2) is 0 Å². The van der Waals surface area contributed by atoms with E-state index in [1.165, 1.54) is 24.3 Å². The van der Waals surface area contributed by atoms with Crippen molar-refractivity contribution in [3.05, 3.63) is 29.8 Å². The van der Waals surface area contributed by atoms with Crippen LogP contribution in [0.15, 0.2) is 24.3 Å². The monoisotopic (exact) mass is 275 g/mol. The van der Waals surface area contributed by atoms with Gasteiger partial charge in [-0.05, 0) is 18.2 Å². The van der Waals surface area contributed by atoms with Gasteiger partial charge in [-0.2, -0.15) is 5.26 Å². The molecular weight excluding hydrogens is 264 g/mol. The summed E-state index contributed by atoms with van der Waals surface area (Å²) in [7, 11) is 0. The number of rotatable bonds is 5. The highest BCUT2D eigenvalue weighted by Crippen LogP contribution is 2.10. The van der Waals surface area contributed by atoms with E-state index >= 15 is 0 Å². The van der Waals surface area contributed by atoms with Gasteiger partial charge in [0.25, 0.3) is 5.91 Å². The molecule has 0 atom stereocenters. The number of benzene rings is 1. The largest absolute Gasteiger partial charge is 0.530 e. The van der Waals surface area contributed by atoms with Crippen LogP contribution in [0.4, 0.5) is 10.5 Å². The number of nitrogens with zero attached hydrogens (tertiary/aromatic N) is 1. The second kappa shape index (κ2) is 7.38. The summed E-state index contributed by atoms with van der Waals surface area (Å²) in [4.78, 5) is 33.3. The summed E-state index contributed by atoms with van der Waals surface area (Å²) in [6.07, 6.45) is -1.49. The van der Waals surface area contributed by atoms with Crippen molar-refractivity contribution in [2.75, 3.05) is 18.4 Å². The number of anilines is 1. The summed E-state index contributed by atoms with van der Waals surface area (Å²) in [5, 5.41) is 25.2. The topological polar surface area (TPSA) is 134 Å². The van der Waals surface area contributed by atoms with Crippen LogP contribution in [0, 0.1) is 11.3 Å². The van der Waals surface area contributed by atoms with E-state index in [1.54, 1.807) is 6.07 Å². The molecule has 3 N–H and O–H groups in total. The highest BCUT2D eigenvalue weighted by atomic mass is 16.4. The number of hydrogen-bond donors (Lipinski definition) is 3. The third-order valence-corrected chi connectivity index (χ3v) is 2.15. The molecule has 0 fully saturated rings. The Morgan fingerprint density at radius 1 is 1.25 bits per heavy atom. The van der Waals surface area contributed by atoms with Gasteiger partial charge in [-0.1, -0.05) is 6.07 Å². The zero-order valence-corrected chi connectivity index (χ0v) is 10.3. The molecule has 0 unspecified atom stereocenters. The molecule has 1 rings (SSSR count). The molecule has 0 bridgehead atoms. The maximum Gasteiger partial charge on any atom is 0.251 e. The van der Waals surface area contributed by atoms with Crippen molar-refractivity contribution in [2.45, 2.75) is 0 Å². The third kappa shape index (κ3) is 5.05. The van der Waals surface area contributed by atoms with Gasteiger partial charge < -0.3 is 25.9 Å². The number of carbonyl (C=O) groups is 3. The van der Waals surface area contributed by atoms with E-state index < -0.39 is 17.9 Å². The van der Waals surface area contributed by atoms with Gasteiger partial charge in [-0.15, -0.1) is 0 Å². The molecule has 8 nitrogen and oxygen atoms in total. The molecule has 0 saturated heterocycles. The maximum atomic E-state index is 11.7. The summed E-state index contributed by atoms with van der Waals surface area (Å²) < 4.78 is 0. The van der Waals surface area contributed by atoms with Crippen LogP contribution in [0.2, 0.25) is 0 Å². The van der Waals surface area contributed by atoms with E-state index in [2.05, 4.69) is 10.6 Å². The van der Waals surface area contributed by atoms with Gasteiger partial charge >= 0.3 is 0 Å². The van der Waals surface area contributed by atoms with Gasteiger partial charge in [-0.3, -0.25) is 9.59 Å². The van der Waals surface area contributed by atoms with Gasteiger partial charge in [-0.25, -0.2) is 0 Å². The first-order chi connectivity index (χ1) is 9.52. The van der Waals surface area contributed by atoms with E-state index in [0.717, 1.165) is 0 Å². The Balaban J connectivity index is 2.57. The number of nitriles is 1. The molecule has 0 radical (unpaired) electrons. The molecule has 1 aromatic carbocycles. The fraction of sp³-hybridized carbons (Fsp3) is 0.167. The molecule has 20 heavy (non-hydrogen) atoms. The fourth-order valence-electron chi connectivity index (χ4n) is 1.32. The Morgan fingerprint density at radius 2 is 2.00 bits per heavy atom. The highest BCUT2D eigenvalue weighted by Gasteiger charge is 2.08. The Hall–Kier alpha value is -3.08. The molecule has 0 aliphatic heterocycles. The first-order valence-corrected chi connectivity index (χ1v) is 5.53. The first kappa shape index (κ1) is 15.0. The Bertz CT molecular complexity index is 565. The summed E-state index contributed by atoms with van der Waals surface area (Å²) in [6, 6.07) is 7.43. The van der Waals surface area contributed by atoms with E-state index in [9.17, 15) is 19.5 Å². The summed E-state index contributed by atoms with van der Waals surface area (Å²) in [6.45, 7) is -0.418. The molecule has 0 aliphatic carbocycles. The van der Waals surface area contributed by atoms with Crippen molar-refractivity contribution in [3.8, 4) is 6.07 Å². The van der Waals surface area contributed by atoms with Crippen LogP contribution in [0.3, 0.4) is 0 Å². The molecule has 3 amide bonds. The standard InChI is InChI=1S/C12H12N4O4/c13-4-5-14-10(17)7-15-11(18)8-2-1-3-9(6-8)16-12(19)20/h1-3,6,16H,5,7H2,(H,14,17)(H,15,18)(H,19,20)/p-1. The maximum absolute atomic E-state index is 11.7. The van der Waals surface area contributed by atoms with Crippen molar-refractivity contribution in [3.63, 3.8) is 0 Å². The number of nitrogens with one attached hydrogen (secondary N) is 3. The minimum atomic E-state index is -1.49. The predicted octanol–water partition coefficient (Wildman–Crippen LogP) is -1.19. The SMILES string of the molecule is N#CCNC(=O)CNC(=O)c1cccc(NC(=O)[O-])c1. The summed E-state index contributed by atoms with van der Waals surface area (Å²) in [5.41, 5.74) is 0.371. The lowest BCUT2D eigenvalue weighted by molar-refractivity contribution is -0.242. The molecule has 0 aromatic heterocycles. The van der Waals surface area contributed by atoms with Crippen LogP contribution in [-0.2, 0) is 4.79 Å². The van der Waals surface area contributed by atoms with Crippen molar-refractivity contribution in [1.29, 1.82) is 5.26 Å². The molecule has 104 valence electrons. The van der Waals surface area contributed by atoms with Crippen molar-refractivity contribution >= 4 is 23.6 Å². The molecular formula is C12H11N4O4-. The lowest BCUT2D eigenvalue weighted by atomic mass is 10.2. The quantitative estimate of drug-likeness (QED) is 0.581. The minimum absolute atomic E-state index is 0.139. The average Bonchev–Trinajstić information content (AvgIpc) is 2.42. The van der Waals surface area contributed by atoms with Crippen LogP contribution in [0.5, 0.6) is 0 Å². The molecule has 8 heteroatoms.